The number of hydrogen-bond donors (Lipinski definition) is 1. The van der Waals surface area contributed by atoms with Crippen molar-refractivity contribution in [3.63, 3.8) is 0 Å². The van der Waals surface area contributed by atoms with Crippen molar-refractivity contribution >= 4 is 22.5 Å². The van der Waals surface area contributed by atoms with Gasteiger partial charge in [-0.1, -0.05) is 11.6 Å². The second-order valence-corrected chi connectivity index (χ2v) is 6.02. The number of fused-ring (bicyclic) bond motifs is 3. The monoisotopic (exact) mass is 314 g/mol. The molecule has 110 valence electrons. The Balaban J connectivity index is 1.66. The van der Waals surface area contributed by atoms with E-state index in [1.54, 1.807) is 0 Å². The lowest BCUT2D eigenvalue weighted by Crippen LogP contribution is -3.10. The zero-order chi connectivity index (χ0) is 14.9. The van der Waals surface area contributed by atoms with Crippen LogP contribution in [0.1, 0.15) is 11.1 Å². The van der Waals surface area contributed by atoms with Gasteiger partial charge >= 0.3 is 0 Å². The van der Waals surface area contributed by atoms with E-state index in [0.29, 0.717) is 6.73 Å². The quantitative estimate of drug-likeness (QED) is 0.755. The zero-order valence-corrected chi connectivity index (χ0v) is 12.8. The van der Waals surface area contributed by atoms with Crippen molar-refractivity contribution in [1.29, 1.82) is 0 Å². The average molecular weight is 315 g/mol. The van der Waals surface area contributed by atoms with Gasteiger partial charge < -0.3 is 4.74 Å². The number of halogens is 1. The van der Waals surface area contributed by atoms with Gasteiger partial charge in [-0.15, -0.1) is 0 Å². The summed E-state index contributed by atoms with van der Waals surface area (Å²) < 4.78 is 6.04. The minimum atomic E-state index is 0.654. The molecule has 4 nitrogen and oxygen atoms in total. The van der Waals surface area contributed by atoms with Crippen LogP contribution in [0.2, 0.25) is 5.02 Å². The summed E-state index contributed by atoms with van der Waals surface area (Å²) in [6.45, 7) is 2.48. The van der Waals surface area contributed by atoms with E-state index in [1.807, 2.05) is 42.9 Å². The van der Waals surface area contributed by atoms with Crippen molar-refractivity contribution in [2.24, 2.45) is 0 Å². The molecule has 3 N–H and O–H groups in total. The highest BCUT2D eigenvalue weighted by atomic mass is 35.5. The molecule has 0 saturated carbocycles. The third-order valence-electron chi connectivity index (χ3n) is 4.02. The van der Waals surface area contributed by atoms with Crippen LogP contribution in [0.15, 0.2) is 48.9 Å². The highest BCUT2D eigenvalue weighted by molar-refractivity contribution is 6.35. The third-order valence-corrected chi connectivity index (χ3v) is 4.33. The van der Waals surface area contributed by atoms with E-state index in [-0.39, 0.29) is 0 Å². The van der Waals surface area contributed by atoms with Gasteiger partial charge in [0.15, 0.2) is 18.6 Å². The Hall–Kier alpha value is -2.17. The molecule has 22 heavy (non-hydrogen) atoms. The van der Waals surface area contributed by atoms with E-state index < -0.39 is 0 Å². The maximum absolute atomic E-state index is 6.41. The molecular formula is C17H17ClN3O+3. The van der Waals surface area contributed by atoms with E-state index in [1.165, 1.54) is 10.5 Å². The van der Waals surface area contributed by atoms with Gasteiger partial charge in [-0.05, 0) is 18.2 Å². The summed E-state index contributed by atoms with van der Waals surface area (Å²) in [4.78, 5) is 7.74. The van der Waals surface area contributed by atoms with Gasteiger partial charge in [0.25, 0.3) is 5.52 Å². The van der Waals surface area contributed by atoms with Crippen molar-refractivity contribution in [3.8, 4) is 5.75 Å². The van der Waals surface area contributed by atoms with Crippen LogP contribution >= 0.6 is 11.6 Å². The predicted molar refractivity (Wildman–Crippen MR) is 82.4 cm³/mol. The molecule has 2 aromatic heterocycles. The van der Waals surface area contributed by atoms with Crippen LogP contribution in [0.4, 0.5) is 0 Å². The summed E-state index contributed by atoms with van der Waals surface area (Å²) in [5.41, 5.74) is 3.40. The van der Waals surface area contributed by atoms with Crippen molar-refractivity contribution < 1.29 is 19.6 Å². The molecule has 0 spiro atoms. The standard InChI is InChI=1S/C17H14ClN3O/c18-15-7-13-10-21(9-12-3-1-5-19-8-12)11-22-17(13)16-14(15)4-2-6-20-16/h1-8H,9-11H2/p+3. The number of pyridine rings is 2. The number of ether oxygens (including phenoxy) is 1. The second-order valence-electron chi connectivity index (χ2n) is 5.61. The van der Waals surface area contributed by atoms with E-state index >= 15 is 0 Å². The largest absolute Gasteiger partial charge is 0.438 e. The highest BCUT2D eigenvalue weighted by Gasteiger charge is 2.27. The lowest BCUT2D eigenvalue weighted by atomic mass is 10.1. The second kappa shape index (κ2) is 5.55. The zero-order valence-electron chi connectivity index (χ0n) is 12.0. The molecule has 0 aliphatic carbocycles. The fraction of sp³-hybridized carbons (Fsp3) is 0.176. The molecule has 1 aliphatic rings. The van der Waals surface area contributed by atoms with Gasteiger partial charge in [-0.2, -0.15) is 0 Å². The molecule has 3 heterocycles. The lowest BCUT2D eigenvalue weighted by Gasteiger charge is -2.25. The molecule has 0 bridgehead atoms. The number of rotatable bonds is 2. The maximum atomic E-state index is 6.41. The van der Waals surface area contributed by atoms with Gasteiger partial charge in [0, 0.05) is 12.1 Å². The molecule has 1 aromatic carbocycles. The van der Waals surface area contributed by atoms with E-state index in [9.17, 15) is 0 Å². The highest BCUT2D eigenvalue weighted by Crippen LogP contribution is 2.33. The van der Waals surface area contributed by atoms with Crippen LogP contribution in [-0.2, 0) is 13.1 Å². The number of quaternary nitrogens is 1. The van der Waals surface area contributed by atoms with E-state index in [0.717, 1.165) is 40.3 Å². The average Bonchev–Trinajstić information content (AvgIpc) is 2.56. The Bertz CT molecular complexity index is 823. The Kier molecular flexibility index (Phi) is 3.41. The summed E-state index contributed by atoms with van der Waals surface area (Å²) in [7, 11) is 0. The van der Waals surface area contributed by atoms with Crippen LogP contribution in [0.25, 0.3) is 10.9 Å². The predicted octanol–water partition coefficient (Wildman–Crippen LogP) is 1.06. The summed E-state index contributed by atoms with van der Waals surface area (Å²) in [6, 6.07) is 10.1. The first-order valence-corrected chi connectivity index (χ1v) is 7.72. The fourth-order valence-corrected chi connectivity index (χ4v) is 3.30. The van der Waals surface area contributed by atoms with Gasteiger partial charge in [0.1, 0.15) is 13.1 Å². The number of aromatic amines is 2. The molecule has 0 fully saturated rings. The Morgan fingerprint density at radius 1 is 1.23 bits per heavy atom. The molecule has 1 aliphatic heterocycles. The van der Waals surface area contributed by atoms with Crippen molar-refractivity contribution in [2.75, 3.05) is 6.73 Å². The number of aromatic nitrogens is 2. The number of hydrogen-bond acceptors (Lipinski definition) is 1. The smallest absolute Gasteiger partial charge is 0.255 e. The molecule has 3 aromatic rings. The van der Waals surface area contributed by atoms with Crippen LogP contribution < -0.4 is 19.6 Å². The molecule has 0 radical (unpaired) electrons. The third kappa shape index (κ3) is 2.40. The van der Waals surface area contributed by atoms with E-state index in [2.05, 4.69) is 16.0 Å². The number of benzene rings is 1. The first-order valence-electron chi connectivity index (χ1n) is 7.34. The van der Waals surface area contributed by atoms with Crippen molar-refractivity contribution in [1.82, 2.24) is 0 Å². The van der Waals surface area contributed by atoms with Gasteiger partial charge in [-0.3, -0.25) is 4.90 Å². The molecule has 1 atom stereocenters. The first-order chi connectivity index (χ1) is 10.8. The van der Waals surface area contributed by atoms with Crippen LogP contribution in [0, 0.1) is 0 Å². The molecule has 0 amide bonds. The van der Waals surface area contributed by atoms with Gasteiger partial charge in [0.05, 0.1) is 21.5 Å². The summed E-state index contributed by atoms with van der Waals surface area (Å²) in [6.07, 6.45) is 5.85. The minimum absolute atomic E-state index is 0.654. The van der Waals surface area contributed by atoms with Crippen LogP contribution in [0.3, 0.4) is 0 Å². The maximum Gasteiger partial charge on any atom is 0.255 e. The molecular weight excluding hydrogens is 298 g/mol. The molecule has 1 unspecified atom stereocenters. The normalized spacial score (nSPS) is 17.0. The minimum Gasteiger partial charge on any atom is -0.438 e. The van der Waals surface area contributed by atoms with Gasteiger partial charge in [0.2, 0.25) is 12.5 Å². The number of H-pyrrole nitrogens is 2. The fourth-order valence-electron chi connectivity index (χ4n) is 3.01. The topological polar surface area (TPSA) is 42.0 Å². The first kappa shape index (κ1) is 13.5. The molecule has 5 heteroatoms. The van der Waals surface area contributed by atoms with E-state index in [4.69, 9.17) is 16.3 Å². The molecule has 0 saturated heterocycles. The SMILES string of the molecule is Clc1cc2c(c3[nH+]cccc13)OC[NH+](Cc1ccc[nH+]c1)C2. The lowest BCUT2D eigenvalue weighted by molar-refractivity contribution is -0.946. The Morgan fingerprint density at radius 2 is 2.14 bits per heavy atom. The molecule has 4 rings (SSSR count). The van der Waals surface area contributed by atoms with Crippen molar-refractivity contribution in [2.45, 2.75) is 13.1 Å². The number of nitrogens with one attached hydrogen (secondary N) is 3. The Labute approximate surface area is 133 Å². The van der Waals surface area contributed by atoms with Gasteiger partial charge in [-0.25, -0.2) is 9.97 Å². The van der Waals surface area contributed by atoms with Crippen molar-refractivity contribution in [3.05, 3.63) is 65.1 Å². The summed E-state index contributed by atoms with van der Waals surface area (Å²) in [5, 5.41) is 1.77. The Morgan fingerprint density at radius 3 is 3.00 bits per heavy atom. The van der Waals surface area contributed by atoms with Crippen LogP contribution in [0.5, 0.6) is 5.75 Å². The summed E-state index contributed by atoms with van der Waals surface area (Å²) in [5.74, 6) is 0.934. The summed E-state index contributed by atoms with van der Waals surface area (Å²) >= 11 is 6.41. The van der Waals surface area contributed by atoms with Crippen LogP contribution in [-0.4, -0.2) is 6.73 Å².